The molecule has 0 radical (unpaired) electrons. The van der Waals surface area contributed by atoms with Gasteiger partial charge in [0.2, 0.25) is 5.91 Å². The molecule has 0 fully saturated rings. The van der Waals surface area contributed by atoms with Gasteiger partial charge in [0.05, 0.1) is 24.4 Å². The van der Waals surface area contributed by atoms with Crippen LogP contribution in [0, 0.1) is 12.8 Å². The second kappa shape index (κ2) is 6.52. The van der Waals surface area contributed by atoms with Crippen molar-refractivity contribution in [3.05, 3.63) is 59.1 Å². The molecule has 0 aromatic carbocycles. The number of pyridine rings is 1. The van der Waals surface area contributed by atoms with Crippen LogP contribution in [0.4, 0.5) is 0 Å². The maximum atomic E-state index is 12.8. The highest BCUT2D eigenvalue weighted by Gasteiger charge is 2.26. The standard InChI is InChI=1S/C20H23N5O/c1-13(2)7-18-21-9-15-11-24(12-17(15)23-18)19(26)8-16-10-22-20-14(3)5-4-6-25(16)20/h4-6,9-10,13H,7-8,11-12H2,1-3H3. The Hall–Kier alpha value is -2.76. The number of imidazole rings is 1. The van der Waals surface area contributed by atoms with E-state index in [2.05, 4.69) is 28.8 Å². The maximum Gasteiger partial charge on any atom is 0.229 e. The van der Waals surface area contributed by atoms with E-state index in [0.29, 0.717) is 25.4 Å². The van der Waals surface area contributed by atoms with Crippen LogP contribution in [0.1, 0.15) is 42.2 Å². The summed E-state index contributed by atoms with van der Waals surface area (Å²) in [5.41, 5.74) is 4.96. The minimum atomic E-state index is 0.0942. The van der Waals surface area contributed by atoms with Gasteiger partial charge >= 0.3 is 0 Å². The Morgan fingerprint density at radius 1 is 1.23 bits per heavy atom. The predicted molar refractivity (Wildman–Crippen MR) is 98.5 cm³/mol. The molecule has 0 spiro atoms. The molecular weight excluding hydrogens is 326 g/mol. The molecule has 4 heterocycles. The average molecular weight is 349 g/mol. The number of hydrogen-bond acceptors (Lipinski definition) is 4. The Balaban J connectivity index is 1.50. The van der Waals surface area contributed by atoms with Crippen molar-refractivity contribution in [1.82, 2.24) is 24.3 Å². The quantitative estimate of drug-likeness (QED) is 0.726. The van der Waals surface area contributed by atoms with Crippen LogP contribution in [0.5, 0.6) is 0 Å². The van der Waals surface area contributed by atoms with E-state index in [1.54, 1.807) is 6.20 Å². The number of amides is 1. The first-order valence-electron chi connectivity index (χ1n) is 9.04. The number of hydrogen-bond donors (Lipinski definition) is 0. The lowest BCUT2D eigenvalue weighted by atomic mass is 10.1. The van der Waals surface area contributed by atoms with Gasteiger partial charge in [-0.05, 0) is 24.5 Å². The number of carbonyl (C=O) groups excluding carboxylic acids is 1. The summed E-state index contributed by atoms with van der Waals surface area (Å²) < 4.78 is 2.00. The number of nitrogens with zero attached hydrogens (tertiary/aromatic N) is 5. The molecule has 1 amide bonds. The highest BCUT2D eigenvalue weighted by molar-refractivity contribution is 5.79. The van der Waals surface area contributed by atoms with Crippen LogP contribution >= 0.6 is 0 Å². The van der Waals surface area contributed by atoms with Crippen molar-refractivity contribution in [2.45, 2.75) is 46.7 Å². The second-order valence-electron chi connectivity index (χ2n) is 7.42. The van der Waals surface area contributed by atoms with Gasteiger partial charge < -0.3 is 9.30 Å². The molecule has 0 aliphatic carbocycles. The zero-order chi connectivity index (χ0) is 18.3. The fraction of sp³-hybridized carbons (Fsp3) is 0.400. The first kappa shape index (κ1) is 16.7. The molecule has 0 unspecified atom stereocenters. The largest absolute Gasteiger partial charge is 0.332 e. The Bertz CT molecular complexity index is 975. The first-order valence-corrected chi connectivity index (χ1v) is 9.04. The van der Waals surface area contributed by atoms with Crippen molar-refractivity contribution < 1.29 is 4.79 Å². The van der Waals surface area contributed by atoms with Gasteiger partial charge in [-0.3, -0.25) is 4.79 Å². The number of rotatable bonds is 4. The van der Waals surface area contributed by atoms with E-state index < -0.39 is 0 Å². The molecule has 1 aliphatic rings. The zero-order valence-electron chi connectivity index (χ0n) is 15.4. The summed E-state index contributed by atoms with van der Waals surface area (Å²) in [4.78, 5) is 28.2. The van der Waals surface area contributed by atoms with E-state index in [9.17, 15) is 4.79 Å². The molecule has 26 heavy (non-hydrogen) atoms. The zero-order valence-corrected chi connectivity index (χ0v) is 15.4. The SMILES string of the molecule is Cc1cccn2c(CC(=O)N3Cc4cnc(CC(C)C)nc4C3)cnc12. The number of aryl methyl sites for hydroxylation is 1. The molecule has 0 saturated carbocycles. The summed E-state index contributed by atoms with van der Waals surface area (Å²) in [6.45, 7) is 7.50. The van der Waals surface area contributed by atoms with Crippen molar-refractivity contribution in [1.29, 1.82) is 0 Å². The molecule has 3 aromatic heterocycles. The van der Waals surface area contributed by atoms with E-state index in [-0.39, 0.29) is 5.91 Å². The molecule has 134 valence electrons. The number of carbonyl (C=O) groups is 1. The summed E-state index contributed by atoms with van der Waals surface area (Å²) in [5, 5.41) is 0. The molecular formula is C20H23N5O. The fourth-order valence-corrected chi connectivity index (χ4v) is 3.43. The van der Waals surface area contributed by atoms with E-state index in [1.165, 1.54) is 0 Å². The number of fused-ring (bicyclic) bond motifs is 2. The molecule has 6 heteroatoms. The lowest BCUT2D eigenvalue weighted by Crippen LogP contribution is -2.27. The van der Waals surface area contributed by atoms with Gasteiger partial charge in [-0.1, -0.05) is 19.9 Å². The summed E-state index contributed by atoms with van der Waals surface area (Å²) in [6, 6.07) is 4.01. The molecule has 0 bridgehead atoms. The second-order valence-corrected chi connectivity index (χ2v) is 7.42. The van der Waals surface area contributed by atoms with Gasteiger partial charge in [0.25, 0.3) is 0 Å². The normalized spacial score (nSPS) is 13.6. The Morgan fingerprint density at radius 3 is 2.88 bits per heavy atom. The van der Waals surface area contributed by atoms with Crippen molar-refractivity contribution in [3.63, 3.8) is 0 Å². The van der Waals surface area contributed by atoms with Crippen molar-refractivity contribution in [3.8, 4) is 0 Å². The van der Waals surface area contributed by atoms with Gasteiger partial charge in [-0.2, -0.15) is 0 Å². The highest BCUT2D eigenvalue weighted by Crippen LogP contribution is 2.22. The smallest absolute Gasteiger partial charge is 0.229 e. The van der Waals surface area contributed by atoms with Crippen LogP contribution in [-0.4, -0.2) is 30.2 Å². The molecule has 0 N–H and O–H groups in total. The van der Waals surface area contributed by atoms with E-state index in [4.69, 9.17) is 0 Å². The summed E-state index contributed by atoms with van der Waals surface area (Å²) in [5.74, 6) is 1.48. The van der Waals surface area contributed by atoms with Gasteiger partial charge in [-0.25, -0.2) is 15.0 Å². The molecule has 6 nitrogen and oxygen atoms in total. The molecule has 4 rings (SSSR count). The minimum absolute atomic E-state index is 0.0942. The van der Waals surface area contributed by atoms with Crippen LogP contribution in [0.3, 0.4) is 0 Å². The Morgan fingerprint density at radius 2 is 2.08 bits per heavy atom. The summed E-state index contributed by atoms with van der Waals surface area (Å²) >= 11 is 0. The molecule has 3 aromatic rings. The monoisotopic (exact) mass is 349 g/mol. The minimum Gasteiger partial charge on any atom is -0.332 e. The van der Waals surface area contributed by atoms with E-state index in [1.807, 2.05) is 40.8 Å². The van der Waals surface area contributed by atoms with Gasteiger partial charge in [0.1, 0.15) is 11.5 Å². The third-order valence-electron chi connectivity index (χ3n) is 4.79. The lowest BCUT2D eigenvalue weighted by molar-refractivity contribution is -0.131. The van der Waals surface area contributed by atoms with Crippen molar-refractivity contribution in [2.75, 3.05) is 0 Å². The maximum absolute atomic E-state index is 12.8. The summed E-state index contributed by atoms with van der Waals surface area (Å²) in [6.07, 6.45) is 6.84. The number of aromatic nitrogens is 4. The predicted octanol–water partition coefficient (Wildman–Crippen LogP) is 2.72. The van der Waals surface area contributed by atoms with Crippen LogP contribution in [0.2, 0.25) is 0 Å². The van der Waals surface area contributed by atoms with Crippen molar-refractivity contribution in [2.24, 2.45) is 5.92 Å². The Kier molecular flexibility index (Phi) is 4.18. The average Bonchev–Trinajstić information content (AvgIpc) is 3.19. The van der Waals surface area contributed by atoms with Gasteiger partial charge in [0.15, 0.2) is 0 Å². The summed E-state index contributed by atoms with van der Waals surface area (Å²) in [7, 11) is 0. The third-order valence-corrected chi connectivity index (χ3v) is 4.79. The first-order chi connectivity index (χ1) is 12.5. The molecule has 0 atom stereocenters. The van der Waals surface area contributed by atoms with Crippen LogP contribution in [-0.2, 0) is 30.7 Å². The van der Waals surface area contributed by atoms with Crippen LogP contribution < -0.4 is 0 Å². The van der Waals surface area contributed by atoms with Crippen LogP contribution in [0.15, 0.2) is 30.7 Å². The lowest BCUT2D eigenvalue weighted by Gasteiger charge is -2.14. The van der Waals surface area contributed by atoms with Crippen LogP contribution in [0.25, 0.3) is 5.65 Å². The topological polar surface area (TPSA) is 63.4 Å². The molecule has 1 aliphatic heterocycles. The van der Waals surface area contributed by atoms with Gasteiger partial charge in [0, 0.05) is 37.1 Å². The Labute approximate surface area is 152 Å². The van der Waals surface area contributed by atoms with E-state index >= 15 is 0 Å². The third kappa shape index (κ3) is 3.07. The van der Waals surface area contributed by atoms with Gasteiger partial charge in [-0.15, -0.1) is 0 Å². The van der Waals surface area contributed by atoms with Crippen molar-refractivity contribution >= 4 is 11.6 Å². The fourth-order valence-electron chi connectivity index (χ4n) is 3.43. The van der Waals surface area contributed by atoms with E-state index in [0.717, 1.165) is 40.4 Å². The highest BCUT2D eigenvalue weighted by atomic mass is 16.2. The molecule has 0 saturated heterocycles.